The molecule has 3 N–H and O–H groups in total. The zero-order valence-corrected chi connectivity index (χ0v) is 16.3. The maximum absolute atomic E-state index is 12.1. The van der Waals surface area contributed by atoms with Crippen LogP contribution in [-0.2, 0) is 9.59 Å². The van der Waals surface area contributed by atoms with Crippen LogP contribution in [0.15, 0.2) is 36.5 Å². The maximum Gasteiger partial charge on any atom is 0.262 e. The lowest BCUT2D eigenvalue weighted by atomic mass is 9.97. The number of piperidine rings is 1. The minimum atomic E-state index is -0.266. The van der Waals surface area contributed by atoms with Crippen LogP contribution in [0.3, 0.4) is 0 Å². The highest BCUT2D eigenvalue weighted by molar-refractivity contribution is 5.91. The normalized spacial score (nSPS) is 16.5. The van der Waals surface area contributed by atoms with Crippen LogP contribution >= 0.6 is 0 Å². The number of carbonyl (C=O) groups excluding carboxylic acids is 2. The van der Waals surface area contributed by atoms with Crippen LogP contribution in [0.2, 0.25) is 0 Å². The van der Waals surface area contributed by atoms with E-state index in [0.717, 1.165) is 30.8 Å². The van der Waals surface area contributed by atoms with Crippen molar-refractivity contribution >= 4 is 23.3 Å². The van der Waals surface area contributed by atoms with E-state index in [9.17, 15) is 9.59 Å². The molecular weight excluding hydrogens is 356 g/mol. The van der Waals surface area contributed by atoms with Crippen LogP contribution in [0, 0.1) is 19.8 Å². The quantitative estimate of drug-likeness (QED) is 0.800. The smallest absolute Gasteiger partial charge is 0.262 e. The van der Waals surface area contributed by atoms with Crippen LogP contribution in [0.4, 0.5) is 11.5 Å². The molecule has 1 aromatic carbocycles. The number of carbonyl (C=O) groups is 2. The number of pyridine rings is 1. The third kappa shape index (κ3) is 5.00. The molecule has 2 aromatic rings. The highest BCUT2D eigenvalue weighted by atomic mass is 16.5. The fraction of sp³-hybridized carbons (Fsp3) is 0.381. The van der Waals surface area contributed by atoms with Gasteiger partial charge in [0.1, 0.15) is 11.6 Å². The minimum Gasteiger partial charge on any atom is -0.484 e. The van der Waals surface area contributed by atoms with Crippen molar-refractivity contribution in [2.75, 3.05) is 29.9 Å². The summed E-state index contributed by atoms with van der Waals surface area (Å²) in [4.78, 5) is 30.0. The number of rotatable bonds is 6. The molecule has 0 radical (unpaired) electrons. The van der Waals surface area contributed by atoms with Crippen molar-refractivity contribution < 1.29 is 14.3 Å². The highest BCUT2D eigenvalue weighted by Crippen LogP contribution is 2.22. The Morgan fingerprint density at radius 3 is 2.75 bits per heavy atom. The molecule has 2 heterocycles. The number of aryl methyl sites for hydroxylation is 2. The first-order valence-electron chi connectivity index (χ1n) is 9.42. The molecule has 0 bridgehead atoms. The number of ether oxygens (including phenoxy) is 1. The minimum absolute atomic E-state index is 0.0727. The number of amides is 2. The Morgan fingerprint density at radius 2 is 2.07 bits per heavy atom. The molecular formula is C21H26N4O3. The number of nitrogens with zero attached hydrogens (tertiary/aromatic N) is 2. The summed E-state index contributed by atoms with van der Waals surface area (Å²) in [5.41, 5.74) is 8.32. The van der Waals surface area contributed by atoms with Crippen molar-refractivity contribution in [2.45, 2.75) is 26.7 Å². The summed E-state index contributed by atoms with van der Waals surface area (Å²) in [5, 5.41) is 2.78. The van der Waals surface area contributed by atoms with Crippen molar-refractivity contribution in [2.24, 2.45) is 11.7 Å². The molecule has 1 saturated heterocycles. The average Bonchev–Trinajstić information content (AvgIpc) is 2.69. The van der Waals surface area contributed by atoms with E-state index in [1.807, 2.05) is 43.0 Å². The van der Waals surface area contributed by atoms with E-state index in [4.69, 9.17) is 10.5 Å². The summed E-state index contributed by atoms with van der Waals surface area (Å²) in [6, 6.07) is 9.36. The molecule has 1 aromatic heterocycles. The molecule has 7 nitrogen and oxygen atoms in total. The molecule has 1 aliphatic rings. The van der Waals surface area contributed by atoms with Gasteiger partial charge >= 0.3 is 0 Å². The Bertz CT molecular complexity index is 851. The number of anilines is 2. The van der Waals surface area contributed by atoms with Crippen molar-refractivity contribution in [3.8, 4) is 5.75 Å². The van der Waals surface area contributed by atoms with Crippen molar-refractivity contribution in [3.63, 3.8) is 0 Å². The van der Waals surface area contributed by atoms with Gasteiger partial charge in [-0.2, -0.15) is 0 Å². The summed E-state index contributed by atoms with van der Waals surface area (Å²) in [5.74, 6) is 0.783. The van der Waals surface area contributed by atoms with E-state index >= 15 is 0 Å². The van der Waals surface area contributed by atoms with Gasteiger partial charge in [0.25, 0.3) is 5.91 Å². The van der Waals surface area contributed by atoms with E-state index in [0.29, 0.717) is 18.0 Å². The Kier molecular flexibility index (Phi) is 6.13. The van der Waals surface area contributed by atoms with Gasteiger partial charge in [0.2, 0.25) is 5.91 Å². The van der Waals surface area contributed by atoms with Gasteiger partial charge in [-0.05, 0) is 62.1 Å². The summed E-state index contributed by atoms with van der Waals surface area (Å²) in [6.07, 6.45) is 3.33. The lowest BCUT2D eigenvalue weighted by Gasteiger charge is -2.32. The molecule has 1 fully saturated rings. The van der Waals surface area contributed by atoms with Gasteiger partial charge in [-0.1, -0.05) is 6.07 Å². The van der Waals surface area contributed by atoms with E-state index in [1.165, 1.54) is 5.56 Å². The Labute approximate surface area is 164 Å². The summed E-state index contributed by atoms with van der Waals surface area (Å²) in [6.45, 7) is 5.38. The van der Waals surface area contributed by atoms with Crippen molar-refractivity contribution in [3.05, 3.63) is 47.7 Å². The second-order valence-corrected chi connectivity index (χ2v) is 7.18. The zero-order valence-electron chi connectivity index (χ0n) is 16.3. The summed E-state index contributed by atoms with van der Waals surface area (Å²) < 4.78 is 5.54. The Morgan fingerprint density at radius 1 is 1.25 bits per heavy atom. The second kappa shape index (κ2) is 8.73. The molecule has 3 rings (SSSR count). The molecule has 1 atom stereocenters. The number of nitrogens with one attached hydrogen (secondary N) is 1. The van der Waals surface area contributed by atoms with Crippen LogP contribution in [0.25, 0.3) is 0 Å². The largest absolute Gasteiger partial charge is 0.484 e. The SMILES string of the molecule is Cc1ccc(OCC(=O)Nc2ccc(N3CCCC(C(N)=O)C3)nc2)cc1C. The van der Waals surface area contributed by atoms with Crippen LogP contribution < -0.4 is 20.7 Å². The van der Waals surface area contributed by atoms with E-state index in [2.05, 4.69) is 10.3 Å². The average molecular weight is 382 g/mol. The standard InChI is InChI=1S/C21H26N4O3/c1-14-5-7-18(10-15(14)2)28-13-20(26)24-17-6-8-19(23-11-17)25-9-3-4-16(12-25)21(22)27/h5-8,10-11,16H,3-4,9,12-13H2,1-2H3,(H2,22,27)(H,24,26). The fourth-order valence-electron chi connectivity index (χ4n) is 3.21. The second-order valence-electron chi connectivity index (χ2n) is 7.18. The maximum atomic E-state index is 12.1. The summed E-state index contributed by atoms with van der Waals surface area (Å²) in [7, 11) is 0. The molecule has 1 aliphatic heterocycles. The number of aromatic nitrogens is 1. The number of hydrogen-bond acceptors (Lipinski definition) is 5. The predicted molar refractivity (Wildman–Crippen MR) is 108 cm³/mol. The highest BCUT2D eigenvalue weighted by Gasteiger charge is 2.24. The third-order valence-electron chi connectivity index (χ3n) is 5.03. The van der Waals surface area contributed by atoms with Crippen molar-refractivity contribution in [1.82, 2.24) is 4.98 Å². The van der Waals surface area contributed by atoms with Crippen LogP contribution in [0.5, 0.6) is 5.75 Å². The van der Waals surface area contributed by atoms with Gasteiger partial charge in [-0.15, -0.1) is 0 Å². The molecule has 2 amide bonds. The van der Waals surface area contributed by atoms with Gasteiger partial charge in [-0.25, -0.2) is 4.98 Å². The van der Waals surface area contributed by atoms with Crippen LogP contribution in [-0.4, -0.2) is 36.5 Å². The molecule has 1 unspecified atom stereocenters. The lowest BCUT2D eigenvalue weighted by Crippen LogP contribution is -2.41. The molecule has 7 heteroatoms. The third-order valence-corrected chi connectivity index (χ3v) is 5.03. The molecule has 0 aliphatic carbocycles. The van der Waals surface area contributed by atoms with Gasteiger partial charge in [0.15, 0.2) is 6.61 Å². The Balaban J connectivity index is 1.52. The molecule has 0 saturated carbocycles. The molecule has 148 valence electrons. The van der Waals surface area contributed by atoms with E-state index < -0.39 is 0 Å². The van der Waals surface area contributed by atoms with E-state index in [1.54, 1.807) is 12.3 Å². The zero-order chi connectivity index (χ0) is 20.1. The first-order chi connectivity index (χ1) is 13.4. The van der Waals surface area contributed by atoms with Crippen LogP contribution in [0.1, 0.15) is 24.0 Å². The Hall–Kier alpha value is -3.09. The first kappa shape index (κ1) is 19.7. The predicted octanol–water partition coefficient (Wildman–Crippen LogP) is 2.42. The number of nitrogens with two attached hydrogens (primary N) is 1. The molecule has 28 heavy (non-hydrogen) atoms. The monoisotopic (exact) mass is 382 g/mol. The van der Waals surface area contributed by atoms with Gasteiger partial charge in [0.05, 0.1) is 17.8 Å². The van der Waals surface area contributed by atoms with Gasteiger partial charge in [0, 0.05) is 13.1 Å². The first-order valence-corrected chi connectivity index (χ1v) is 9.42. The summed E-state index contributed by atoms with van der Waals surface area (Å²) >= 11 is 0. The lowest BCUT2D eigenvalue weighted by molar-refractivity contribution is -0.122. The van der Waals surface area contributed by atoms with Crippen molar-refractivity contribution in [1.29, 1.82) is 0 Å². The molecule has 0 spiro atoms. The fourth-order valence-corrected chi connectivity index (χ4v) is 3.21. The number of primary amides is 1. The van der Waals surface area contributed by atoms with E-state index in [-0.39, 0.29) is 24.3 Å². The number of benzene rings is 1. The topological polar surface area (TPSA) is 97.5 Å². The van der Waals surface area contributed by atoms with Gasteiger partial charge < -0.3 is 20.7 Å². The number of hydrogen-bond donors (Lipinski definition) is 2. The van der Waals surface area contributed by atoms with Gasteiger partial charge in [-0.3, -0.25) is 9.59 Å².